The van der Waals surface area contributed by atoms with Gasteiger partial charge >= 0.3 is 139 Å². The first kappa shape index (κ1) is 93.6. The van der Waals surface area contributed by atoms with Gasteiger partial charge in [-0.15, -0.1) is 106 Å². The van der Waals surface area contributed by atoms with Gasteiger partial charge in [-0.2, -0.15) is 43.2 Å². The molecule has 0 aliphatic rings. The summed E-state index contributed by atoms with van der Waals surface area (Å²) in [6, 6.07) is 68.0. The van der Waals surface area contributed by atoms with E-state index in [1.807, 2.05) is 114 Å². The van der Waals surface area contributed by atoms with Crippen LogP contribution in [-0.4, -0.2) is 57.6 Å². The van der Waals surface area contributed by atoms with Crippen molar-refractivity contribution in [2.24, 2.45) is 0 Å². The van der Waals surface area contributed by atoms with E-state index in [2.05, 4.69) is 316 Å². The third kappa shape index (κ3) is 21.1. The maximum absolute atomic E-state index is 11.4. The van der Waals surface area contributed by atoms with Gasteiger partial charge in [0.2, 0.25) is 0 Å². The second-order valence-corrected chi connectivity index (χ2v) is 55.7. The number of thioether (sulfide) groups is 1. The molecule has 0 amide bonds. The Labute approximate surface area is 780 Å². The van der Waals surface area contributed by atoms with E-state index < -0.39 is 49.6 Å². The van der Waals surface area contributed by atoms with Crippen molar-refractivity contribution in [1.82, 2.24) is 0 Å². The van der Waals surface area contributed by atoms with Crippen LogP contribution >= 0.6 is 140 Å². The van der Waals surface area contributed by atoms with Gasteiger partial charge in [0, 0.05) is 90.5 Å². The van der Waals surface area contributed by atoms with Gasteiger partial charge in [-0.3, -0.25) is 0 Å². The van der Waals surface area contributed by atoms with Crippen LogP contribution in [0.4, 0.5) is 26.3 Å². The molecular weight excluding hydrogens is 2110 g/mol. The Bertz CT molecular complexity index is 7200. The predicted octanol–water partition coefficient (Wildman–Crippen LogP) is 36.8. The molecule has 1 N–H and O–H groups in total. The Morgan fingerprint density at radius 1 is 0.379 bits per heavy atom. The summed E-state index contributed by atoms with van der Waals surface area (Å²) in [4.78, 5) is 1.32. The standard InChI is InChI=1S/C28H20S3.C26H12S4.C14H12S.C13H10OS.3C4H9.C3H5.C2F6O5S2.I2.Sn/c1-17-9-22-15-27-20(5-7-30-27)12-23(22)10-18(17)3-4-19-11-24-13-21-6-8-31-28(21)16-25(24)14-26(19)29-2;1-3-27-21-9-17-11-23-19(7-15(17)5-13(1)21)25-26(29-23)20-8-16-6-14-2-4-28-22(14)10-18(16)12-24(20)30-25;1-9-5-12-7-11-3-4-15-14(11)8-13(12)6-10(9)2;1-8-4-10-7-13-9(2-3-15-13)5-11(10)6-12(8)14;3*1-3-4-2;1-3-2;3-1(4,5)14(9,10)13-15(11,12)2(6,7)8;1-2;/h3-16H,1-2H3;1-12H;3-8H,1-2H3;2-7,14H,1H3;3*1,3-4H2,2H3;1,3H,2H3;;;/b4-3+;;;;;;;;;;. The van der Waals surface area contributed by atoms with E-state index in [0.29, 0.717) is 5.75 Å². The van der Waals surface area contributed by atoms with Crippen molar-refractivity contribution in [2.45, 2.75) is 123 Å². The zero-order valence-electron chi connectivity index (χ0n) is 69.0. The van der Waals surface area contributed by atoms with Crippen molar-refractivity contribution < 1.29 is 51.9 Å². The number of hydrogen-bond acceptors (Lipinski definition) is 15. The van der Waals surface area contributed by atoms with Crippen LogP contribution in [0.25, 0.3) is 167 Å². The second-order valence-electron chi connectivity index (χ2n) is 30.8. The fourth-order valence-corrected chi connectivity index (χ4v) is 40.0. The molecule has 8 aromatic heterocycles. The quantitative estimate of drug-likeness (QED) is 0.0273. The molecule has 0 saturated carbocycles. The van der Waals surface area contributed by atoms with Gasteiger partial charge in [0.05, 0.1) is 9.40 Å². The third-order valence-electron chi connectivity index (χ3n) is 22.2. The number of unbranched alkanes of at least 4 members (excludes halogenated alkanes) is 3. The van der Waals surface area contributed by atoms with Gasteiger partial charge in [0.15, 0.2) is 0 Å². The smallest absolute Gasteiger partial charge is 0.508 e. The number of halogens is 8. The van der Waals surface area contributed by atoms with E-state index in [0.717, 1.165) is 10.9 Å². The number of thiophene rings is 8. The maximum atomic E-state index is 11.4. The van der Waals surface area contributed by atoms with Gasteiger partial charge in [0.1, 0.15) is 5.75 Å². The topological polar surface area (TPSA) is 97.7 Å². The first-order valence-corrected chi connectivity index (χ1v) is 65.0. The van der Waals surface area contributed by atoms with E-state index in [1.165, 1.54) is 221 Å². The van der Waals surface area contributed by atoms with Gasteiger partial charge in [-0.25, -0.2) is 0 Å². The Hall–Kier alpha value is -6.53. The molecule has 0 fully saturated rings. The molecule has 0 unspecified atom stereocenters. The van der Waals surface area contributed by atoms with E-state index >= 15 is 0 Å². The zero-order chi connectivity index (χ0) is 88.2. The number of hydrogen-bond donors (Lipinski definition) is 1. The largest absolute Gasteiger partial charge is 0.524 e. The molecule has 0 aliphatic heterocycles. The number of benzene rings is 12. The molecule has 6 nitrogen and oxygen atoms in total. The number of fused-ring (bicyclic) bond motifs is 17. The first-order valence-electron chi connectivity index (χ1n) is 40.1. The van der Waals surface area contributed by atoms with Crippen LogP contribution in [0.3, 0.4) is 0 Å². The van der Waals surface area contributed by atoms with E-state index in [-0.39, 0.29) is 0 Å². The van der Waals surface area contributed by atoms with Gasteiger partial charge < -0.3 is 5.11 Å². The number of alkyl halides is 6. The monoisotopic (exact) mass is 2200 g/mol. The second kappa shape index (κ2) is 40.2. The summed E-state index contributed by atoms with van der Waals surface area (Å²) >= 11 is 18.9. The Kier molecular flexibility index (Phi) is 30.4. The van der Waals surface area contributed by atoms with E-state index in [4.69, 9.17) is 0 Å². The SMILES string of the molecule is C/C=[CH]/[Sn]([CH2]CCC)([CH2]CCC)[CH2]CCC.CSc1cc2cc3sccc3cc2cc1/C=C/c1cc2cc3ccsc3cc2cc1C.Cc1cc2cc3ccsc3cc2cc1C.Cc1cc2cc3sccc3cc2cc1O.II.O=S(=O)(OS(=O)(=O)C(F)(F)F)C(F)(F)F.c1cc2cc3cc4c(cc3cc2s1)sc1c2cc3cc5ccsc5cc3cc2sc41. The number of phenols is 1. The van der Waals surface area contributed by atoms with Crippen molar-refractivity contribution in [3.05, 3.63) is 258 Å². The maximum Gasteiger partial charge on any atom is 0.524 e. The fourth-order valence-electron chi connectivity index (χ4n) is 15.6. The minimum atomic E-state index is -6.85. The van der Waals surface area contributed by atoms with Crippen molar-refractivity contribution in [2.75, 3.05) is 6.26 Å². The van der Waals surface area contributed by atoms with Crippen LogP contribution < -0.4 is 0 Å². The molecule has 0 bridgehead atoms. The molecule has 124 heavy (non-hydrogen) atoms. The summed E-state index contributed by atoms with van der Waals surface area (Å²) in [7, 11) is -13.7. The summed E-state index contributed by atoms with van der Waals surface area (Å²) in [5, 5.41) is 49.0. The summed E-state index contributed by atoms with van der Waals surface area (Å²) < 4.78 is 131. The molecule has 12 aromatic carbocycles. The third-order valence-corrected chi connectivity index (χ3v) is 47.9. The van der Waals surface area contributed by atoms with Gasteiger partial charge in [-0.05, 0) is 360 Å². The summed E-state index contributed by atoms with van der Waals surface area (Å²) in [5.74, 6) is 0.372. The van der Waals surface area contributed by atoms with Crippen molar-refractivity contribution >= 4 is 345 Å². The normalized spacial score (nSPS) is 12.4. The summed E-state index contributed by atoms with van der Waals surface area (Å²) in [6.45, 7) is 17.7. The van der Waals surface area contributed by atoms with Crippen LogP contribution in [0.1, 0.15) is 99.6 Å². The minimum Gasteiger partial charge on any atom is -0.508 e. The van der Waals surface area contributed by atoms with Crippen molar-refractivity contribution in [3.8, 4) is 5.75 Å². The van der Waals surface area contributed by atoms with Gasteiger partial charge in [0.25, 0.3) is 0 Å². The molecule has 20 aromatic rings. The van der Waals surface area contributed by atoms with E-state index in [9.17, 15) is 48.3 Å². The number of rotatable bonds is 15. The van der Waals surface area contributed by atoms with Crippen LogP contribution in [0.5, 0.6) is 5.75 Å². The van der Waals surface area contributed by atoms with Crippen molar-refractivity contribution in [3.63, 3.8) is 0 Å². The van der Waals surface area contributed by atoms with Gasteiger partial charge in [-0.1, -0.05) is 30.4 Å². The summed E-state index contributed by atoms with van der Waals surface area (Å²) in [6.07, 6.45) is 17.7. The van der Waals surface area contributed by atoms with Crippen LogP contribution in [0.2, 0.25) is 13.3 Å². The Morgan fingerprint density at radius 2 is 0.661 bits per heavy atom. The molecule has 640 valence electrons. The van der Waals surface area contributed by atoms with Crippen molar-refractivity contribution in [1.29, 1.82) is 0 Å². The predicted molar refractivity (Wildman–Crippen MR) is 558 cm³/mol. The van der Waals surface area contributed by atoms with Crippen LogP contribution in [0, 0.1) is 27.7 Å². The molecule has 26 heteroatoms. The number of aryl methyl sites for hydroxylation is 4. The van der Waals surface area contributed by atoms with Crippen LogP contribution in [0.15, 0.2) is 229 Å². The average Bonchev–Trinajstić information content (AvgIpc) is 1.58. The molecule has 0 atom stereocenters. The Morgan fingerprint density at radius 3 is 1.00 bits per heavy atom. The fraction of sp³-hybridized carbons (Fsp3) is 0.204. The van der Waals surface area contributed by atoms with E-state index in [1.54, 1.807) is 24.6 Å². The molecule has 0 saturated heterocycles. The Balaban J connectivity index is 0.000000125. The molecule has 0 aliphatic carbocycles. The number of allylic oxidation sites excluding steroid dienone is 1. The molecule has 8 heterocycles. The molecule has 0 spiro atoms. The average molecular weight is 2200 g/mol. The zero-order valence-corrected chi connectivity index (χ0v) is 85.1. The number of aromatic hydroxyl groups is 1. The number of phenolic OH excluding ortho intramolecular Hbond substituents is 1. The molecule has 20 rings (SSSR count). The minimum absolute atomic E-state index is 0.372. The molecular formula is C98H86F6I2O6S11Sn. The summed E-state index contributed by atoms with van der Waals surface area (Å²) in [5.41, 5.74) is -4.97. The first-order chi connectivity index (χ1) is 59.4. The molecule has 0 radical (unpaired) electrons. The van der Waals surface area contributed by atoms with Crippen LogP contribution in [-0.2, 0) is 23.9 Å².